The second kappa shape index (κ2) is 11.1. The molecule has 1 fully saturated rings. The second-order valence-corrected chi connectivity index (χ2v) is 8.18. The van der Waals surface area contributed by atoms with E-state index in [9.17, 15) is 18.0 Å². The highest BCUT2D eigenvalue weighted by Crippen LogP contribution is 2.33. The van der Waals surface area contributed by atoms with Crippen LogP contribution in [-0.4, -0.2) is 47.0 Å². The Labute approximate surface area is 201 Å². The van der Waals surface area contributed by atoms with Gasteiger partial charge in [0, 0.05) is 23.6 Å². The predicted molar refractivity (Wildman–Crippen MR) is 127 cm³/mol. The number of ether oxygens (including phenoxy) is 1. The van der Waals surface area contributed by atoms with E-state index >= 15 is 0 Å². The van der Waals surface area contributed by atoms with E-state index in [0.29, 0.717) is 29.2 Å². The Hall–Kier alpha value is -3.77. The first-order valence-corrected chi connectivity index (χ1v) is 11.4. The summed E-state index contributed by atoms with van der Waals surface area (Å²) in [6.07, 6.45) is -0.227. The summed E-state index contributed by atoms with van der Waals surface area (Å²) in [6.45, 7) is 3.22. The number of nitrogens with one attached hydrogen (secondary N) is 2. The SMILES string of the molecule is O=C(C#Cc1ccccc1)Nc1cc(-c2ncc(C(F)(F)F)[nH]2)ccc1OCCN1CCCCC1. The first kappa shape index (κ1) is 24.4. The topological polar surface area (TPSA) is 70.2 Å². The van der Waals surface area contributed by atoms with Gasteiger partial charge in [-0.1, -0.05) is 30.5 Å². The first-order chi connectivity index (χ1) is 16.9. The van der Waals surface area contributed by atoms with Gasteiger partial charge in [-0.25, -0.2) is 4.98 Å². The van der Waals surface area contributed by atoms with Crippen LogP contribution in [0.15, 0.2) is 54.7 Å². The van der Waals surface area contributed by atoms with Crippen LogP contribution in [0.1, 0.15) is 30.5 Å². The van der Waals surface area contributed by atoms with Crippen LogP contribution in [0.4, 0.5) is 18.9 Å². The third-order valence-corrected chi connectivity index (χ3v) is 5.59. The summed E-state index contributed by atoms with van der Waals surface area (Å²) in [6, 6.07) is 13.8. The fourth-order valence-electron chi connectivity index (χ4n) is 3.78. The number of halogens is 3. The van der Waals surface area contributed by atoms with Crippen molar-refractivity contribution in [3.63, 3.8) is 0 Å². The summed E-state index contributed by atoms with van der Waals surface area (Å²) in [4.78, 5) is 21.0. The predicted octanol–water partition coefficient (Wildman–Crippen LogP) is 4.95. The van der Waals surface area contributed by atoms with Crippen molar-refractivity contribution in [1.82, 2.24) is 14.9 Å². The maximum Gasteiger partial charge on any atom is 0.432 e. The average molecular weight is 483 g/mol. The molecule has 0 radical (unpaired) electrons. The van der Waals surface area contributed by atoms with E-state index in [2.05, 4.69) is 32.0 Å². The van der Waals surface area contributed by atoms with Crippen LogP contribution in [0.2, 0.25) is 0 Å². The van der Waals surface area contributed by atoms with Gasteiger partial charge in [0.1, 0.15) is 23.9 Å². The number of aromatic nitrogens is 2. The van der Waals surface area contributed by atoms with Gasteiger partial charge in [0.2, 0.25) is 0 Å². The number of nitrogens with zero attached hydrogens (tertiary/aromatic N) is 2. The summed E-state index contributed by atoms with van der Waals surface area (Å²) in [5.74, 6) is 5.18. The number of hydrogen-bond acceptors (Lipinski definition) is 4. The molecule has 2 N–H and O–H groups in total. The molecule has 0 bridgehead atoms. The number of aromatic amines is 1. The Balaban J connectivity index is 1.53. The highest BCUT2D eigenvalue weighted by Gasteiger charge is 2.33. The van der Waals surface area contributed by atoms with Crippen LogP contribution < -0.4 is 10.1 Å². The van der Waals surface area contributed by atoms with Gasteiger partial charge >= 0.3 is 12.1 Å². The zero-order valence-corrected chi connectivity index (χ0v) is 19.0. The molecule has 9 heteroatoms. The van der Waals surface area contributed by atoms with E-state index in [1.807, 2.05) is 18.2 Å². The molecule has 2 heterocycles. The molecular weight excluding hydrogens is 457 g/mol. The highest BCUT2D eigenvalue weighted by atomic mass is 19.4. The van der Waals surface area contributed by atoms with Crippen LogP contribution in [-0.2, 0) is 11.0 Å². The van der Waals surface area contributed by atoms with Crippen molar-refractivity contribution in [2.75, 3.05) is 31.6 Å². The molecule has 3 aromatic rings. The number of imidazole rings is 1. The largest absolute Gasteiger partial charge is 0.490 e. The van der Waals surface area contributed by atoms with E-state index in [1.165, 1.54) is 25.3 Å². The summed E-state index contributed by atoms with van der Waals surface area (Å²) < 4.78 is 44.9. The number of hydrogen-bond donors (Lipinski definition) is 2. The Bertz CT molecular complexity index is 1210. The van der Waals surface area contributed by atoms with Crippen molar-refractivity contribution in [1.29, 1.82) is 0 Å². The number of rotatable bonds is 6. The number of anilines is 1. The third-order valence-electron chi connectivity index (χ3n) is 5.59. The van der Waals surface area contributed by atoms with Crippen LogP contribution in [0, 0.1) is 11.8 Å². The molecule has 0 spiro atoms. The molecule has 182 valence electrons. The van der Waals surface area contributed by atoms with Gasteiger partial charge in [0.25, 0.3) is 0 Å². The summed E-state index contributed by atoms with van der Waals surface area (Å²) >= 11 is 0. The van der Waals surface area contributed by atoms with Gasteiger partial charge in [-0.15, -0.1) is 0 Å². The maximum atomic E-state index is 13.0. The second-order valence-electron chi connectivity index (χ2n) is 8.18. The summed E-state index contributed by atoms with van der Waals surface area (Å²) in [7, 11) is 0. The number of carbonyl (C=O) groups is 1. The molecule has 0 saturated carbocycles. The Morgan fingerprint density at radius 2 is 1.89 bits per heavy atom. The quantitative estimate of drug-likeness (QED) is 0.488. The molecule has 0 unspecified atom stereocenters. The zero-order chi connectivity index (χ0) is 24.7. The summed E-state index contributed by atoms with van der Waals surface area (Å²) in [5.41, 5.74) is 0.409. The van der Waals surface area contributed by atoms with Crippen molar-refractivity contribution < 1.29 is 22.7 Å². The van der Waals surface area contributed by atoms with Crippen molar-refractivity contribution >= 4 is 11.6 Å². The van der Waals surface area contributed by atoms with Gasteiger partial charge in [0.15, 0.2) is 0 Å². The standard InChI is InChI=1S/C26H25F3N4O2/c27-26(28,29)23-18-30-25(32-23)20-10-11-22(35-16-15-33-13-5-2-6-14-33)21(17-20)31-24(34)12-9-19-7-3-1-4-8-19/h1,3-4,7-8,10-11,17-18H,2,5-6,13-16H2,(H,30,32)(H,31,34). The van der Waals surface area contributed by atoms with Gasteiger partial charge < -0.3 is 15.0 Å². The fraction of sp³-hybridized carbons (Fsp3) is 0.308. The lowest BCUT2D eigenvalue weighted by Crippen LogP contribution is -2.33. The molecule has 2 aromatic carbocycles. The molecule has 1 aliphatic heterocycles. The van der Waals surface area contributed by atoms with Crippen molar-refractivity contribution in [3.05, 3.63) is 66.0 Å². The molecule has 0 aliphatic carbocycles. The monoisotopic (exact) mass is 482 g/mol. The molecule has 1 amide bonds. The number of benzene rings is 2. The lowest BCUT2D eigenvalue weighted by Gasteiger charge is -2.26. The minimum atomic E-state index is -4.53. The van der Waals surface area contributed by atoms with Crippen LogP contribution in [0.25, 0.3) is 11.4 Å². The minimum absolute atomic E-state index is 0.0306. The molecule has 35 heavy (non-hydrogen) atoms. The number of piperidine rings is 1. The number of H-pyrrole nitrogens is 1. The van der Waals surface area contributed by atoms with E-state index in [1.54, 1.807) is 24.3 Å². The normalized spacial score (nSPS) is 14.1. The van der Waals surface area contributed by atoms with Gasteiger partial charge in [-0.2, -0.15) is 13.2 Å². The van der Waals surface area contributed by atoms with Crippen molar-refractivity contribution in [3.8, 4) is 29.0 Å². The van der Waals surface area contributed by atoms with E-state index in [-0.39, 0.29) is 5.82 Å². The molecule has 1 saturated heterocycles. The lowest BCUT2D eigenvalue weighted by atomic mass is 10.1. The van der Waals surface area contributed by atoms with Crippen molar-refractivity contribution in [2.45, 2.75) is 25.4 Å². The smallest absolute Gasteiger partial charge is 0.432 e. The number of likely N-dealkylation sites (tertiary alicyclic amines) is 1. The molecule has 6 nitrogen and oxygen atoms in total. The minimum Gasteiger partial charge on any atom is -0.490 e. The Kier molecular flexibility index (Phi) is 7.73. The third kappa shape index (κ3) is 6.87. The van der Waals surface area contributed by atoms with Gasteiger partial charge in [-0.05, 0) is 56.3 Å². The number of carbonyl (C=O) groups excluding carboxylic acids is 1. The average Bonchev–Trinajstić information content (AvgIpc) is 3.36. The van der Waals surface area contributed by atoms with E-state index < -0.39 is 17.8 Å². The van der Waals surface area contributed by atoms with Gasteiger partial charge in [0.05, 0.1) is 11.9 Å². The Morgan fingerprint density at radius 1 is 1.11 bits per heavy atom. The highest BCUT2D eigenvalue weighted by molar-refractivity contribution is 6.05. The molecular formula is C26H25F3N4O2. The summed E-state index contributed by atoms with van der Waals surface area (Å²) in [5, 5.41) is 2.70. The van der Waals surface area contributed by atoms with E-state index in [0.717, 1.165) is 25.8 Å². The molecule has 1 aliphatic rings. The van der Waals surface area contributed by atoms with Crippen LogP contribution in [0.3, 0.4) is 0 Å². The van der Waals surface area contributed by atoms with Crippen LogP contribution >= 0.6 is 0 Å². The number of alkyl halides is 3. The van der Waals surface area contributed by atoms with E-state index in [4.69, 9.17) is 4.74 Å². The zero-order valence-electron chi connectivity index (χ0n) is 19.0. The number of amides is 1. The fourth-order valence-corrected chi connectivity index (χ4v) is 3.78. The lowest BCUT2D eigenvalue weighted by molar-refractivity contribution is -0.140. The van der Waals surface area contributed by atoms with Crippen LogP contribution in [0.5, 0.6) is 5.75 Å². The van der Waals surface area contributed by atoms with Crippen molar-refractivity contribution in [2.24, 2.45) is 0 Å². The first-order valence-electron chi connectivity index (χ1n) is 11.4. The maximum absolute atomic E-state index is 13.0. The molecule has 4 rings (SSSR count). The van der Waals surface area contributed by atoms with Gasteiger partial charge in [-0.3, -0.25) is 9.69 Å². The molecule has 0 atom stereocenters. The Morgan fingerprint density at radius 3 is 2.60 bits per heavy atom. The molecule has 1 aromatic heterocycles.